The van der Waals surface area contributed by atoms with E-state index in [4.69, 9.17) is 0 Å². The summed E-state index contributed by atoms with van der Waals surface area (Å²) in [7, 11) is 0. The Balaban J connectivity index is 2.93. The Kier molecular flexibility index (Phi) is 1.46. The summed E-state index contributed by atoms with van der Waals surface area (Å²) in [6.45, 7) is 0. The van der Waals surface area contributed by atoms with Gasteiger partial charge in [0, 0.05) is 6.08 Å². The summed E-state index contributed by atoms with van der Waals surface area (Å²) in [5.74, 6) is 0.458. The van der Waals surface area contributed by atoms with Gasteiger partial charge in [-0.05, 0) is 22.5 Å². The lowest BCUT2D eigenvalue weighted by atomic mass is 10.6. The van der Waals surface area contributed by atoms with Gasteiger partial charge in [0.25, 0.3) is 0 Å². The SMILES string of the molecule is S=C=Cc1nn[nH]n1. The van der Waals surface area contributed by atoms with Gasteiger partial charge in [-0.2, -0.15) is 5.21 Å². The van der Waals surface area contributed by atoms with E-state index in [1.807, 2.05) is 0 Å². The van der Waals surface area contributed by atoms with Crippen molar-refractivity contribution in [2.75, 3.05) is 0 Å². The second kappa shape index (κ2) is 2.30. The van der Waals surface area contributed by atoms with Gasteiger partial charge in [-0.15, -0.1) is 10.2 Å². The van der Waals surface area contributed by atoms with Crippen molar-refractivity contribution in [2.24, 2.45) is 0 Å². The van der Waals surface area contributed by atoms with Gasteiger partial charge < -0.3 is 0 Å². The maximum absolute atomic E-state index is 4.37. The summed E-state index contributed by atoms with van der Waals surface area (Å²) in [5.41, 5.74) is 0. The second-order valence-corrected chi connectivity index (χ2v) is 1.27. The van der Waals surface area contributed by atoms with Gasteiger partial charge in [-0.25, -0.2) is 0 Å². The van der Waals surface area contributed by atoms with Crippen LogP contribution in [0.3, 0.4) is 0 Å². The summed E-state index contributed by atoms with van der Waals surface area (Å²) in [4.78, 5) is 0. The Morgan fingerprint density at radius 2 is 2.62 bits per heavy atom. The van der Waals surface area contributed by atoms with Crippen LogP contribution in [0.4, 0.5) is 0 Å². The van der Waals surface area contributed by atoms with Crippen molar-refractivity contribution >= 4 is 23.3 Å². The minimum atomic E-state index is 0.458. The molecule has 0 aliphatic heterocycles. The lowest BCUT2D eigenvalue weighted by Crippen LogP contribution is -1.72. The number of nitrogens with zero attached hydrogens (tertiary/aromatic N) is 3. The predicted octanol–water partition coefficient (Wildman–Crippen LogP) is -0.189. The van der Waals surface area contributed by atoms with Crippen molar-refractivity contribution in [3.63, 3.8) is 0 Å². The normalized spacial score (nSPS) is 8.00. The molecule has 0 aromatic carbocycles. The van der Waals surface area contributed by atoms with Crippen LogP contribution in [0.1, 0.15) is 5.82 Å². The molecule has 8 heavy (non-hydrogen) atoms. The number of tetrazole rings is 1. The van der Waals surface area contributed by atoms with Crippen molar-refractivity contribution in [1.82, 2.24) is 20.6 Å². The average molecular weight is 126 g/mol. The number of hydrogen-bond acceptors (Lipinski definition) is 4. The Bertz CT molecular complexity index is 197. The molecule has 0 radical (unpaired) electrons. The molecule has 0 spiro atoms. The maximum atomic E-state index is 4.37. The second-order valence-electron chi connectivity index (χ2n) is 1.03. The Hall–Kier alpha value is -1.06. The molecule has 1 aromatic heterocycles. The van der Waals surface area contributed by atoms with E-state index >= 15 is 0 Å². The van der Waals surface area contributed by atoms with Crippen LogP contribution in [0.25, 0.3) is 6.08 Å². The standard InChI is InChI=1S/C3H2N4S/c8-2-1-3-4-6-7-5-3/h1H,(H,4,5,6,7). The van der Waals surface area contributed by atoms with E-state index in [0.29, 0.717) is 5.82 Å². The zero-order chi connectivity index (χ0) is 5.82. The molecule has 1 rings (SSSR count). The highest BCUT2D eigenvalue weighted by Gasteiger charge is 1.85. The highest BCUT2D eigenvalue weighted by Crippen LogP contribution is 1.79. The first-order chi connectivity index (χ1) is 3.93. The Labute approximate surface area is 50.6 Å². The molecule has 0 aliphatic carbocycles. The van der Waals surface area contributed by atoms with E-state index < -0.39 is 0 Å². The monoisotopic (exact) mass is 126 g/mol. The first-order valence-corrected chi connectivity index (χ1v) is 2.28. The van der Waals surface area contributed by atoms with Crippen LogP contribution in [0.15, 0.2) is 0 Å². The largest absolute Gasteiger partial charge is 0.205 e. The van der Waals surface area contributed by atoms with Crippen LogP contribution in [-0.2, 0) is 0 Å². The number of aromatic nitrogens is 4. The van der Waals surface area contributed by atoms with Crippen molar-refractivity contribution in [2.45, 2.75) is 0 Å². The fourth-order valence-corrected chi connectivity index (χ4v) is 0.389. The van der Waals surface area contributed by atoms with Crippen LogP contribution in [0.5, 0.6) is 0 Å². The zero-order valence-corrected chi connectivity index (χ0v) is 4.64. The minimum absolute atomic E-state index is 0.458. The molecule has 0 aliphatic rings. The van der Waals surface area contributed by atoms with Gasteiger partial charge >= 0.3 is 0 Å². The quantitative estimate of drug-likeness (QED) is 0.530. The fraction of sp³-hybridized carbons (Fsp3) is 0. The third-order valence-corrected chi connectivity index (χ3v) is 0.668. The number of rotatable bonds is 1. The van der Waals surface area contributed by atoms with Gasteiger partial charge in [-0.1, -0.05) is 0 Å². The highest BCUT2D eigenvalue weighted by atomic mass is 32.1. The summed E-state index contributed by atoms with van der Waals surface area (Å²) in [5, 5.41) is 15.0. The molecule has 40 valence electrons. The summed E-state index contributed by atoms with van der Waals surface area (Å²) in [6.07, 6.45) is 1.46. The summed E-state index contributed by atoms with van der Waals surface area (Å²) in [6, 6.07) is 0. The molecule has 1 heterocycles. The zero-order valence-electron chi connectivity index (χ0n) is 3.83. The number of H-pyrrole nitrogens is 1. The molecule has 4 nitrogen and oxygen atoms in total. The minimum Gasteiger partial charge on any atom is -0.177 e. The molecule has 0 saturated carbocycles. The smallest absolute Gasteiger partial charge is 0.177 e. The average Bonchev–Trinajstić information content (AvgIpc) is 2.19. The van der Waals surface area contributed by atoms with Gasteiger partial charge in [0.2, 0.25) is 5.82 Å². The molecule has 0 amide bonds. The summed E-state index contributed by atoms with van der Waals surface area (Å²) < 4.78 is 0. The van der Waals surface area contributed by atoms with Gasteiger partial charge in [0.15, 0.2) is 0 Å². The molecule has 1 N–H and O–H groups in total. The van der Waals surface area contributed by atoms with Crippen LogP contribution in [-0.4, -0.2) is 25.6 Å². The first-order valence-electron chi connectivity index (χ1n) is 1.88. The highest BCUT2D eigenvalue weighted by molar-refractivity contribution is 7.78. The van der Waals surface area contributed by atoms with Gasteiger partial charge in [0.1, 0.15) is 0 Å². The molecule has 5 heteroatoms. The molecule has 0 fully saturated rings. The Morgan fingerprint density at radius 1 is 1.75 bits per heavy atom. The lowest BCUT2D eigenvalue weighted by Gasteiger charge is -1.64. The van der Waals surface area contributed by atoms with Crippen LogP contribution in [0, 0.1) is 0 Å². The fourth-order valence-electron chi connectivity index (χ4n) is 0.283. The number of aromatic amines is 1. The van der Waals surface area contributed by atoms with E-state index in [1.54, 1.807) is 0 Å². The van der Waals surface area contributed by atoms with E-state index in [-0.39, 0.29) is 0 Å². The van der Waals surface area contributed by atoms with Crippen molar-refractivity contribution in [1.29, 1.82) is 0 Å². The Morgan fingerprint density at radius 3 is 3.12 bits per heavy atom. The number of nitrogens with one attached hydrogen (secondary N) is 1. The van der Waals surface area contributed by atoms with Gasteiger partial charge in [0.05, 0.1) is 0 Å². The summed E-state index contributed by atoms with van der Waals surface area (Å²) >= 11 is 4.37. The number of thiocarbonyl (C=S) groups is 1. The topological polar surface area (TPSA) is 54.5 Å². The third kappa shape index (κ3) is 0.959. The van der Waals surface area contributed by atoms with E-state index in [9.17, 15) is 0 Å². The third-order valence-electron chi connectivity index (χ3n) is 0.550. The molecule has 1 aromatic rings. The van der Waals surface area contributed by atoms with Crippen LogP contribution >= 0.6 is 12.2 Å². The lowest BCUT2D eigenvalue weighted by molar-refractivity contribution is 0.881. The van der Waals surface area contributed by atoms with E-state index in [0.717, 1.165) is 0 Å². The maximum Gasteiger partial charge on any atom is 0.205 e. The first kappa shape index (κ1) is 5.08. The molecule has 0 unspecified atom stereocenters. The van der Waals surface area contributed by atoms with E-state index in [2.05, 4.69) is 37.9 Å². The van der Waals surface area contributed by atoms with Crippen molar-refractivity contribution in [3.8, 4) is 0 Å². The molecular weight excluding hydrogens is 124 g/mol. The predicted molar refractivity (Wildman–Crippen MR) is 31.2 cm³/mol. The molecular formula is C3H2N4S. The van der Waals surface area contributed by atoms with E-state index in [1.165, 1.54) is 6.08 Å². The van der Waals surface area contributed by atoms with Crippen molar-refractivity contribution in [3.05, 3.63) is 5.82 Å². The van der Waals surface area contributed by atoms with Gasteiger partial charge in [-0.3, -0.25) is 0 Å². The number of hydrogen-bond donors (Lipinski definition) is 1. The van der Waals surface area contributed by atoms with Crippen LogP contribution in [0.2, 0.25) is 0 Å². The van der Waals surface area contributed by atoms with Crippen LogP contribution < -0.4 is 0 Å². The molecule has 0 saturated heterocycles. The molecule has 0 atom stereocenters. The molecule has 0 bridgehead atoms. The van der Waals surface area contributed by atoms with Crippen molar-refractivity contribution < 1.29 is 0 Å².